The van der Waals surface area contributed by atoms with Gasteiger partial charge >= 0.3 is 5.97 Å². The summed E-state index contributed by atoms with van der Waals surface area (Å²) in [4.78, 5) is 22.6. The van der Waals surface area contributed by atoms with Gasteiger partial charge in [-0.05, 0) is 32.3 Å². The van der Waals surface area contributed by atoms with Gasteiger partial charge in [-0.15, -0.1) is 0 Å². The van der Waals surface area contributed by atoms with Gasteiger partial charge in [0.25, 0.3) is 5.91 Å². The third-order valence-corrected chi connectivity index (χ3v) is 2.77. The first-order valence-corrected chi connectivity index (χ1v) is 7.20. The lowest BCUT2D eigenvalue weighted by molar-refractivity contribution is -0.139. The molecule has 0 saturated heterocycles. The van der Waals surface area contributed by atoms with Crippen molar-refractivity contribution in [3.8, 4) is 6.07 Å². The van der Waals surface area contributed by atoms with Crippen molar-refractivity contribution in [3.05, 3.63) is 11.8 Å². The van der Waals surface area contributed by atoms with Gasteiger partial charge < -0.3 is 15.7 Å². The summed E-state index contributed by atoms with van der Waals surface area (Å²) in [6.07, 6.45) is 3.46. The van der Waals surface area contributed by atoms with Crippen molar-refractivity contribution in [2.75, 3.05) is 12.0 Å². The minimum absolute atomic E-state index is 0.0870. The Morgan fingerprint density at radius 3 is 2.53 bits per heavy atom. The number of carboxylic acid groups (broad SMARTS) is 1. The number of nitriles is 1. The molecule has 7 heteroatoms. The summed E-state index contributed by atoms with van der Waals surface area (Å²) in [5.74, 6) is -0.844. The predicted molar refractivity (Wildman–Crippen MR) is 74.5 cm³/mol. The third-order valence-electron chi connectivity index (χ3n) is 2.12. The second kappa shape index (κ2) is 9.28. The zero-order valence-corrected chi connectivity index (χ0v) is 12.1. The molecule has 0 radical (unpaired) electrons. The molecule has 0 saturated carbocycles. The van der Waals surface area contributed by atoms with Crippen LogP contribution in [0, 0.1) is 11.3 Å². The summed E-state index contributed by atoms with van der Waals surface area (Å²) in [6, 6.07) is 0.856. The van der Waals surface area contributed by atoms with E-state index in [4.69, 9.17) is 10.4 Å². The van der Waals surface area contributed by atoms with Crippen LogP contribution >= 0.6 is 11.8 Å². The van der Waals surface area contributed by atoms with Gasteiger partial charge in [0, 0.05) is 12.2 Å². The molecule has 0 spiro atoms. The lowest BCUT2D eigenvalue weighted by Gasteiger charge is -2.12. The van der Waals surface area contributed by atoms with Crippen LogP contribution in [0.1, 0.15) is 20.3 Å². The van der Waals surface area contributed by atoms with Gasteiger partial charge in [-0.2, -0.15) is 17.0 Å². The molecule has 0 aromatic heterocycles. The Bertz CT molecular complexity index is 388. The second-order valence-electron chi connectivity index (χ2n) is 4.14. The van der Waals surface area contributed by atoms with E-state index in [0.29, 0.717) is 12.2 Å². The molecule has 1 unspecified atom stereocenters. The van der Waals surface area contributed by atoms with Crippen molar-refractivity contribution in [1.82, 2.24) is 10.6 Å². The van der Waals surface area contributed by atoms with E-state index in [9.17, 15) is 9.59 Å². The first-order chi connectivity index (χ1) is 8.92. The van der Waals surface area contributed by atoms with E-state index in [-0.39, 0.29) is 11.6 Å². The first-order valence-electron chi connectivity index (χ1n) is 5.81. The average Bonchev–Trinajstić information content (AvgIpc) is 2.32. The standard InChI is InChI=1S/C12H19N3O3S/c1-8(2)15-11(16)9(6-13)7-14-10(12(17)18)4-5-19-3/h7-8,10,14H,4-5H2,1-3H3,(H,15,16)(H,17,18)/b9-7-. The Morgan fingerprint density at radius 2 is 2.11 bits per heavy atom. The molecule has 0 aliphatic carbocycles. The molecule has 106 valence electrons. The number of carboxylic acids is 1. The maximum atomic E-state index is 11.6. The van der Waals surface area contributed by atoms with E-state index in [1.807, 2.05) is 6.26 Å². The van der Waals surface area contributed by atoms with E-state index < -0.39 is 17.9 Å². The van der Waals surface area contributed by atoms with Gasteiger partial charge in [0.15, 0.2) is 0 Å². The van der Waals surface area contributed by atoms with Crippen LogP contribution < -0.4 is 10.6 Å². The molecule has 1 amide bonds. The van der Waals surface area contributed by atoms with Crippen LogP contribution in [0.4, 0.5) is 0 Å². The minimum atomic E-state index is -1.01. The summed E-state index contributed by atoms with van der Waals surface area (Å²) in [5.41, 5.74) is -0.135. The number of rotatable bonds is 8. The van der Waals surface area contributed by atoms with Crippen LogP contribution in [0.3, 0.4) is 0 Å². The molecular weight excluding hydrogens is 266 g/mol. The van der Waals surface area contributed by atoms with Gasteiger partial charge in [-0.1, -0.05) is 0 Å². The highest BCUT2D eigenvalue weighted by molar-refractivity contribution is 7.98. The van der Waals surface area contributed by atoms with Crippen LogP contribution in [0.2, 0.25) is 0 Å². The topological polar surface area (TPSA) is 102 Å². The molecule has 0 heterocycles. The zero-order chi connectivity index (χ0) is 14.8. The quantitative estimate of drug-likeness (QED) is 0.448. The van der Waals surface area contributed by atoms with Gasteiger partial charge in [0.1, 0.15) is 17.7 Å². The largest absolute Gasteiger partial charge is 0.480 e. The highest BCUT2D eigenvalue weighted by Gasteiger charge is 2.16. The maximum Gasteiger partial charge on any atom is 0.326 e. The Labute approximate surface area is 117 Å². The Kier molecular flexibility index (Phi) is 8.46. The van der Waals surface area contributed by atoms with Crippen LogP contribution in [0.15, 0.2) is 11.8 Å². The van der Waals surface area contributed by atoms with Crippen molar-refractivity contribution in [1.29, 1.82) is 5.26 Å². The summed E-state index contributed by atoms with van der Waals surface area (Å²) >= 11 is 1.53. The molecule has 6 nitrogen and oxygen atoms in total. The highest BCUT2D eigenvalue weighted by Crippen LogP contribution is 2.02. The fraction of sp³-hybridized carbons (Fsp3) is 0.583. The fourth-order valence-corrected chi connectivity index (χ4v) is 1.66. The number of hydrogen-bond donors (Lipinski definition) is 3. The third kappa shape index (κ3) is 7.36. The van der Waals surface area contributed by atoms with Gasteiger partial charge in [-0.3, -0.25) is 4.79 Å². The number of nitrogens with one attached hydrogen (secondary N) is 2. The summed E-state index contributed by atoms with van der Waals surface area (Å²) in [7, 11) is 0. The number of amides is 1. The normalized spacial score (nSPS) is 12.7. The fourth-order valence-electron chi connectivity index (χ4n) is 1.19. The Balaban J connectivity index is 4.65. The monoisotopic (exact) mass is 285 g/mol. The molecule has 0 bridgehead atoms. The molecule has 19 heavy (non-hydrogen) atoms. The van der Waals surface area contributed by atoms with Gasteiger partial charge in [-0.25, -0.2) is 4.79 Å². The van der Waals surface area contributed by atoms with Crippen molar-refractivity contribution in [2.24, 2.45) is 0 Å². The molecule has 0 aliphatic heterocycles. The van der Waals surface area contributed by atoms with Crippen LogP contribution in [-0.2, 0) is 9.59 Å². The highest BCUT2D eigenvalue weighted by atomic mass is 32.2. The van der Waals surface area contributed by atoms with Crippen molar-refractivity contribution < 1.29 is 14.7 Å². The lowest BCUT2D eigenvalue weighted by Crippen LogP contribution is -2.36. The average molecular weight is 285 g/mol. The van der Waals surface area contributed by atoms with Crippen LogP contribution in [0.25, 0.3) is 0 Å². The second-order valence-corrected chi connectivity index (χ2v) is 5.12. The number of carbonyl (C=O) groups is 2. The molecule has 3 N–H and O–H groups in total. The smallest absolute Gasteiger partial charge is 0.326 e. The lowest BCUT2D eigenvalue weighted by atomic mass is 10.2. The van der Waals surface area contributed by atoms with Crippen molar-refractivity contribution >= 4 is 23.6 Å². The maximum absolute atomic E-state index is 11.6. The molecule has 0 aromatic carbocycles. The minimum Gasteiger partial charge on any atom is -0.480 e. The molecule has 0 aliphatic rings. The zero-order valence-electron chi connectivity index (χ0n) is 11.3. The molecule has 0 rings (SSSR count). The number of aliphatic carboxylic acids is 1. The number of hydrogen-bond acceptors (Lipinski definition) is 5. The van der Waals surface area contributed by atoms with Gasteiger partial charge in [0.2, 0.25) is 0 Å². The van der Waals surface area contributed by atoms with Crippen LogP contribution in [0.5, 0.6) is 0 Å². The molecule has 0 fully saturated rings. The van der Waals surface area contributed by atoms with E-state index in [0.717, 1.165) is 6.20 Å². The Hall–Kier alpha value is -1.68. The predicted octanol–water partition coefficient (Wildman–Crippen LogP) is 0.714. The summed E-state index contributed by atoms with van der Waals surface area (Å²) < 4.78 is 0. The summed E-state index contributed by atoms with van der Waals surface area (Å²) in [5, 5.41) is 23.0. The number of thioether (sulfide) groups is 1. The van der Waals surface area contributed by atoms with Crippen LogP contribution in [-0.4, -0.2) is 41.1 Å². The first kappa shape index (κ1) is 17.3. The van der Waals surface area contributed by atoms with Gasteiger partial charge in [0.05, 0.1) is 0 Å². The molecule has 0 aromatic rings. The number of carbonyl (C=O) groups excluding carboxylic acids is 1. The molecule has 1 atom stereocenters. The van der Waals surface area contributed by atoms with Crippen molar-refractivity contribution in [2.45, 2.75) is 32.4 Å². The Morgan fingerprint density at radius 1 is 1.47 bits per heavy atom. The van der Waals surface area contributed by atoms with E-state index >= 15 is 0 Å². The number of nitrogens with zero attached hydrogens (tertiary/aromatic N) is 1. The van der Waals surface area contributed by atoms with E-state index in [1.54, 1.807) is 19.9 Å². The summed E-state index contributed by atoms with van der Waals surface area (Å²) in [6.45, 7) is 3.55. The molecular formula is C12H19N3O3S. The van der Waals surface area contributed by atoms with E-state index in [1.165, 1.54) is 11.8 Å². The van der Waals surface area contributed by atoms with E-state index in [2.05, 4.69) is 10.6 Å². The SMILES string of the molecule is CSCCC(N/C=C(/C#N)C(=O)NC(C)C)C(=O)O. The van der Waals surface area contributed by atoms with Crippen molar-refractivity contribution in [3.63, 3.8) is 0 Å².